The molecule has 6 aliphatic rings. The van der Waals surface area contributed by atoms with Crippen molar-refractivity contribution in [2.24, 2.45) is 35.5 Å². The van der Waals surface area contributed by atoms with Crippen LogP contribution in [0.3, 0.4) is 0 Å². The van der Waals surface area contributed by atoms with Crippen LogP contribution in [0.25, 0.3) is 0 Å². The Morgan fingerprint density at radius 2 is 0.511 bits per heavy atom. The molecule has 6 heterocycles. The van der Waals surface area contributed by atoms with E-state index in [1.807, 2.05) is 6.92 Å². The predicted molar refractivity (Wildman–Crippen MR) is 592 cm³/mol. The predicted octanol–water partition coefficient (Wildman–Crippen LogP) is 29.4. The van der Waals surface area contributed by atoms with E-state index < -0.39 is 47.7 Å². The van der Waals surface area contributed by atoms with Gasteiger partial charge in [0.15, 0.2) is 23.0 Å². The number of hydrogen-bond acceptors (Lipinski definition) is 16. The SMILES string of the molecule is C.C.C.C.C.C.Cc1ccc(C2Oc3c(c(C)cc(C)c3C3c4c(C)cc(C)c(C5c6c(O)cc(O)cc6OC(c6ccc(O)c(O)c6)C5C)c4OC(c4ccc(C)c(C)c4)C3C)CC2C)cc1C.F.F.I.I.[2HH].[2HH].[B].[B].[B]c1c(O)cc(O)c2c1OC(c1ccc(O)c(O)c1)C(C)C2c1c(O)cc(O)c2c1OC(c1ccc(C)c(C)c1)C(C)C2c1c(C)cc(C)c2c1OC(c1ccc(C)c(C)c1)C(C)C2.[HH].[HH]. The average Bonchev–Trinajstić information content (AvgIpc) is 0.710. The van der Waals surface area contributed by atoms with Crippen molar-refractivity contribution in [2.45, 2.75) is 256 Å². The van der Waals surface area contributed by atoms with Crippen molar-refractivity contribution in [3.63, 3.8) is 0 Å². The summed E-state index contributed by atoms with van der Waals surface area (Å²) in [6.45, 7) is 42.9. The molecule has 12 aromatic carbocycles. The molecule has 16 nitrogen and oxygen atoms in total. The fourth-order valence-electron chi connectivity index (χ4n) is 22.1. The van der Waals surface area contributed by atoms with Gasteiger partial charge in [0.25, 0.3) is 0 Å². The van der Waals surface area contributed by atoms with Crippen molar-refractivity contribution in [1.82, 2.24) is 0 Å². The van der Waals surface area contributed by atoms with Gasteiger partial charge >= 0.3 is 0 Å². The van der Waals surface area contributed by atoms with E-state index >= 15 is 0 Å². The maximum atomic E-state index is 12.3. The van der Waals surface area contributed by atoms with E-state index in [9.17, 15) is 51.1 Å². The normalized spacial score (nSPS) is 21.6. The van der Waals surface area contributed by atoms with Gasteiger partial charge < -0.3 is 79.5 Å². The number of benzene rings is 12. The molecule has 0 spiro atoms. The molecule has 16 atom stereocenters. The summed E-state index contributed by atoms with van der Waals surface area (Å²) in [7, 11) is 6.54. The molecule has 18 rings (SSSR count). The van der Waals surface area contributed by atoms with Crippen molar-refractivity contribution in [2.75, 3.05) is 0 Å². The lowest BCUT2D eigenvalue weighted by Crippen LogP contribution is -2.34. The second kappa shape index (κ2) is 45.3. The van der Waals surface area contributed by atoms with Crippen LogP contribution in [-0.2, 0) is 12.8 Å². The third-order valence-electron chi connectivity index (χ3n) is 29.4. The van der Waals surface area contributed by atoms with Crippen molar-refractivity contribution in [3.05, 3.63) is 319 Å². The Morgan fingerprint density at radius 3 is 0.863 bits per heavy atom. The van der Waals surface area contributed by atoms with E-state index in [2.05, 4.69) is 223 Å². The molecule has 0 aliphatic carbocycles. The molecular formula is C116H151B3F2I2O16. The second-order valence-electron chi connectivity index (χ2n) is 38.0. The van der Waals surface area contributed by atoms with Gasteiger partial charge in [0.2, 0.25) is 0 Å². The van der Waals surface area contributed by atoms with Crippen LogP contribution in [-0.4, -0.2) is 75.7 Å². The number of ether oxygens (including phenoxy) is 6. The Bertz CT molecular complexity index is 6550. The summed E-state index contributed by atoms with van der Waals surface area (Å²) in [5, 5.41) is 112. The number of hydrogen-bond donors (Lipinski definition) is 10. The van der Waals surface area contributed by atoms with Crippen molar-refractivity contribution >= 4 is 78.1 Å². The number of halogens is 4. The molecule has 16 unspecified atom stereocenters. The first-order valence-electron chi connectivity index (χ1n) is 44.5. The summed E-state index contributed by atoms with van der Waals surface area (Å²) in [6, 6.07) is 47.5. The molecule has 23 heteroatoms. The zero-order chi connectivity index (χ0) is 90.7. The topological polar surface area (TPSA) is 258 Å². The summed E-state index contributed by atoms with van der Waals surface area (Å²) < 4.78 is 42.8. The lowest BCUT2D eigenvalue weighted by atomic mass is 9.67. The fraction of sp³-hybridized carbons (Fsp3) is 0.379. The highest BCUT2D eigenvalue weighted by molar-refractivity contribution is 14.0. The van der Waals surface area contributed by atoms with Crippen LogP contribution in [0.4, 0.5) is 9.41 Å². The molecule has 0 aromatic heterocycles. The molecule has 0 amide bonds. The van der Waals surface area contributed by atoms with Crippen LogP contribution in [0.15, 0.2) is 152 Å². The van der Waals surface area contributed by atoms with Crippen LogP contribution >= 0.6 is 48.0 Å². The van der Waals surface area contributed by atoms with Gasteiger partial charge in [-0.05, 0) is 262 Å². The van der Waals surface area contributed by atoms with Gasteiger partial charge in [0.05, 0.1) is 0 Å². The summed E-state index contributed by atoms with van der Waals surface area (Å²) >= 11 is 0. The number of fused-ring (bicyclic) bond motifs is 6. The van der Waals surface area contributed by atoms with E-state index in [1.165, 1.54) is 97.6 Å². The third-order valence-corrected chi connectivity index (χ3v) is 29.4. The molecule has 12 aromatic rings. The molecule has 748 valence electrons. The van der Waals surface area contributed by atoms with Gasteiger partial charge in [-0.2, -0.15) is 0 Å². The Kier molecular flexibility index (Phi) is 38.6. The Labute approximate surface area is 868 Å². The van der Waals surface area contributed by atoms with Crippen LogP contribution in [0, 0.1) is 132 Å². The van der Waals surface area contributed by atoms with Gasteiger partial charge in [-0.1, -0.05) is 189 Å². The van der Waals surface area contributed by atoms with Crippen molar-refractivity contribution in [3.8, 4) is 92.0 Å². The lowest BCUT2D eigenvalue weighted by molar-refractivity contribution is 0.0911. The smallest absolute Gasteiger partial charge is 0.157 e. The van der Waals surface area contributed by atoms with Crippen LogP contribution in [0.1, 0.15) is 319 Å². The number of aromatic hydroxyl groups is 10. The zero-order valence-corrected chi connectivity index (χ0v) is 83.5. The zero-order valence-electron chi connectivity index (χ0n) is 78.9. The third kappa shape index (κ3) is 20.5. The molecule has 8 radical (unpaired) electrons. The van der Waals surface area contributed by atoms with Gasteiger partial charge in [-0.25, -0.2) is 0 Å². The minimum atomic E-state index is -0.921. The minimum absolute atomic E-state index is 0. The molecule has 0 saturated carbocycles. The molecule has 6 aliphatic heterocycles. The molecular weight excluding hydrogens is 1970 g/mol. The molecule has 0 fully saturated rings. The van der Waals surface area contributed by atoms with E-state index in [0.29, 0.717) is 28.0 Å². The number of phenolic OH excluding ortho intramolecular Hbond substituents is 10. The maximum absolute atomic E-state index is 12.3. The lowest BCUT2D eigenvalue weighted by Gasteiger charge is -2.45. The van der Waals surface area contributed by atoms with E-state index in [0.717, 1.165) is 108 Å². The monoisotopic (exact) mass is 2130 g/mol. The van der Waals surface area contributed by atoms with Crippen LogP contribution in [0.5, 0.6) is 92.0 Å². The Hall–Kier alpha value is -11.0. The number of phenols is 10. The standard InChI is InChI=1S/C56H60O7.C54H55BO9.6CH4.2B.2FH.2HI.4H2/c1-26-12-14-37(20-28(26)3)52-34(9)22-41-30(5)18-31(6)46(55(41)62-52)49-35(10)54(38-15-13-27(2)29(4)21-38)63-56-47(49)32(7)19-33(8)48(56)50-36(11)53(39-16-17-42(58)43(59)23-39)61-45-25-40(57)24-44(60)51(45)50;1-23-10-12-32(17-25(23)3)49-29(7)19-35-27(5)16-28(6)42(52(35)62-49)43-30(8)50(33-13-11-24(2)26(4)18-33)63-53-45(43)38(58)21-39(59)46(53)44-31(9)51(34-14-15-36(56)37(57)20-34)64-54-47(44)40(60)22-41(61)48(54)55;;;;;;;;;;;;;;;;/h12-21,23-25,34-36,49-50,52-54,57-60H,22H2,1-11H3;10-18,20-22,29-31,43-44,49-51,56-61H,19H2,1-9H3;6*1H4;;;8*1H/i;;;;;;;;;;;;;;2*1+1;;. The van der Waals surface area contributed by atoms with Gasteiger partial charge in [0, 0.05) is 150 Å². The summed E-state index contributed by atoms with van der Waals surface area (Å²) in [6.07, 6.45) is -1.12. The van der Waals surface area contributed by atoms with Crippen molar-refractivity contribution < 1.29 is 94.6 Å². The molecule has 139 heavy (non-hydrogen) atoms. The average molecular weight is 2130 g/mol. The Morgan fingerprint density at radius 1 is 0.252 bits per heavy atom. The Balaban J connectivity index is 0.00000129. The van der Waals surface area contributed by atoms with Gasteiger partial charge in [-0.3, -0.25) is 9.41 Å². The number of aryl methyl sites for hydroxylation is 14. The first kappa shape index (κ1) is 118. The maximum Gasteiger partial charge on any atom is 0.157 e. The van der Waals surface area contributed by atoms with Crippen LogP contribution < -0.4 is 33.9 Å². The van der Waals surface area contributed by atoms with Crippen LogP contribution in [0.2, 0.25) is 0 Å². The molecule has 10 N–H and O–H groups in total. The molecule has 0 saturated heterocycles. The van der Waals surface area contributed by atoms with Gasteiger partial charge in [0.1, 0.15) is 113 Å². The summed E-state index contributed by atoms with van der Waals surface area (Å²) in [5.74, 6) is -2.28. The van der Waals surface area contributed by atoms with Gasteiger partial charge in [-0.15, -0.1) is 48.0 Å². The highest BCUT2D eigenvalue weighted by Crippen LogP contribution is 2.66. The first-order valence-corrected chi connectivity index (χ1v) is 44.5. The largest absolute Gasteiger partial charge is 0.508 e. The van der Waals surface area contributed by atoms with E-state index in [-0.39, 0.29) is 258 Å². The van der Waals surface area contributed by atoms with E-state index in [4.69, 9.17) is 36.3 Å². The molecule has 0 bridgehead atoms. The highest BCUT2D eigenvalue weighted by Gasteiger charge is 2.52. The first-order chi connectivity index (χ1) is 60.3. The fourth-order valence-corrected chi connectivity index (χ4v) is 22.1. The summed E-state index contributed by atoms with van der Waals surface area (Å²) in [4.78, 5) is 0. The van der Waals surface area contributed by atoms with Crippen molar-refractivity contribution in [1.29, 1.82) is 0 Å². The minimum Gasteiger partial charge on any atom is -0.508 e. The number of rotatable bonds is 10. The van der Waals surface area contributed by atoms with E-state index in [1.54, 1.807) is 18.2 Å². The second-order valence-corrected chi connectivity index (χ2v) is 38.0. The summed E-state index contributed by atoms with van der Waals surface area (Å²) in [5.41, 5.74) is 29.5. The highest BCUT2D eigenvalue weighted by atomic mass is 127. The quantitative estimate of drug-likeness (QED) is 0.0347.